The first-order valence-corrected chi connectivity index (χ1v) is 11.8. The molecule has 2 aliphatic rings. The van der Waals surface area contributed by atoms with Crippen LogP contribution in [0.15, 0.2) is 42.5 Å². The number of carbonyl (C=O) groups is 1. The summed E-state index contributed by atoms with van der Waals surface area (Å²) in [6.45, 7) is 5.97. The van der Waals surface area contributed by atoms with Crippen molar-refractivity contribution in [2.45, 2.75) is 32.1 Å². The molecule has 5 rings (SSSR count). The minimum absolute atomic E-state index is 0.0940. The van der Waals surface area contributed by atoms with Gasteiger partial charge in [-0.1, -0.05) is 30.3 Å². The van der Waals surface area contributed by atoms with Gasteiger partial charge in [0.25, 0.3) is 0 Å². The van der Waals surface area contributed by atoms with Crippen LogP contribution in [0.4, 0.5) is 5.82 Å². The zero-order valence-electron chi connectivity index (χ0n) is 18.5. The van der Waals surface area contributed by atoms with Gasteiger partial charge in [-0.05, 0) is 63.9 Å². The van der Waals surface area contributed by atoms with Gasteiger partial charge in [-0.25, -0.2) is 0 Å². The van der Waals surface area contributed by atoms with Gasteiger partial charge in [0.1, 0.15) is 5.82 Å². The first kappa shape index (κ1) is 20.9. The van der Waals surface area contributed by atoms with Crippen LogP contribution in [0.1, 0.15) is 32.1 Å². The van der Waals surface area contributed by atoms with E-state index in [1.54, 1.807) is 0 Å². The molecule has 8 heteroatoms. The Kier molecular flexibility index (Phi) is 6.29. The molecule has 1 aromatic carbocycles. The summed E-state index contributed by atoms with van der Waals surface area (Å²) in [4.78, 5) is 17.3. The molecule has 8 nitrogen and oxygen atoms in total. The maximum atomic E-state index is 12.6. The zero-order chi connectivity index (χ0) is 21.8. The van der Waals surface area contributed by atoms with Crippen molar-refractivity contribution >= 4 is 17.4 Å². The van der Waals surface area contributed by atoms with Gasteiger partial charge in [0.2, 0.25) is 5.91 Å². The van der Waals surface area contributed by atoms with Crippen LogP contribution in [0.5, 0.6) is 0 Å². The Hall–Kier alpha value is -3.00. The van der Waals surface area contributed by atoms with Gasteiger partial charge >= 0.3 is 0 Å². The maximum absolute atomic E-state index is 12.6. The molecule has 2 aromatic heterocycles. The Morgan fingerprint density at radius 2 is 1.75 bits per heavy atom. The third-order valence-electron chi connectivity index (χ3n) is 6.62. The summed E-state index contributed by atoms with van der Waals surface area (Å²) in [7, 11) is 0. The van der Waals surface area contributed by atoms with Crippen LogP contribution < -0.4 is 10.2 Å². The average Bonchev–Trinajstić information content (AvgIpc) is 3.52. The third kappa shape index (κ3) is 4.60. The minimum atomic E-state index is 0.0940. The number of hydrogen-bond acceptors (Lipinski definition) is 6. The molecule has 0 spiro atoms. The highest BCUT2D eigenvalue weighted by molar-refractivity contribution is 5.79. The van der Waals surface area contributed by atoms with Crippen molar-refractivity contribution in [2.75, 3.05) is 44.2 Å². The van der Waals surface area contributed by atoms with Crippen LogP contribution in [0, 0.1) is 5.92 Å². The quantitative estimate of drug-likeness (QED) is 0.577. The SMILES string of the molecule is O=C(NCCCN1CCCC1)C1CCN(c2ccc3nnc(-c4ccccc4)n3n2)CC1. The molecule has 0 atom stereocenters. The van der Waals surface area contributed by atoms with Crippen molar-refractivity contribution in [3.05, 3.63) is 42.5 Å². The van der Waals surface area contributed by atoms with Crippen LogP contribution in [0.25, 0.3) is 17.0 Å². The number of piperidine rings is 1. The second-order valence-corrected chi connectivity index (χ2v) is 8.81. The van der Waals surface area contributed by atoms with E-state index in [-0.39, 0.29) is 11.8 Å². The van der Waals surface area contributed by atoms with Crippen molar-refractivity contribution in [3.63, 3.8) is 0 Å². The summed E-state index contributed by atoms with van der Waals surface area (Å²) in [6.07, 6.45) is 5.38. The van der Waals surface area contributed by atoms with E-state index in [0.717, 1.165) is 68.3 Å². The highest BCUT2D eigenvalue weighted by Crippen LogP contribution is 2.24. The van der Waals surface area contributed by atoms with Gasteiger partial charge in [-0.2, -0.15) is 4.52 Å². The van der Waals surface area contributed by atoms with Gasteiger partial charge in [-0.3, -0.25) is 4.79 Å². The number of carbonyl (C=O) groups excluding carboxylic acids is 1. The van der Waals surface area contributed by atoms with Gasteiger partial charge in [0.15, 0.2) is 11.5 Å². The molecule has 0 bridgehead atoms. The molecule has 3 aromatic rings. The molecular formula is C24H31N7O. The van der Waals surface area contributed by atoms with Crippen molar-refractivity contribution < 1.29 is 4.79 Å². The number of amides is 1. The fourth-order valence-corrected chi connectivity index (χ4v) is 4.75. The Morgan fingerprint density at radius 1 is 0.969 bits per heavy atom. The van der Waals surface area contributed by atoms with Crippen molar-refractivity contribution in [2.24, 2.45) is 5.92 Å². The topological polar surface area (TPSA) is 78.7 Å². The monoisotopic (exact) mass is 433 g/mol. The molecule has 0 aliphatic carbocycles. The normalized spacial score (nSPS) is 17.8. The van der Waals surface area contributed by atoms with E-state index < -0.39 is 0 Å². The first-order valence-electron chi connectivity index (χ1n) is 11.8. The molecule has 32 heavy (non-hydrogen) atoms. The van der Waals surface area contributed by atoms with Crippen LogP contribution >= 0.6 is 0 Å². The van der Waals surface area contributed by atoms with E-state index >= 15 is 0 Å². The molecule has 2 fully saturated rings. The van der Waals surface area contributed by atoms with E-state index in [2.05, 4.69) is 25.3 Å². The zero-order valence-corrected chi connectivity index (χ0v) is 18.5. The lowest BCUT2D eigenvalue weighted by molar-refractivity contribution is -0.125. The Bertz CT molecular complexity index is 1040. The van der Waals surface area contributed by atoms with Gasteiger partial charge < -0.3 is 15.1 Å². The number of fused-ring (bicyclic) bond motifs is 1. The molecule has 168 valence electrons. The molecule has 4 heterocycles. The molecule has 1 N–H and O–H groups in total. The Morgan fingerprint density at radius 3 is 2.53 bits per heavy atom. The number of anilines is 1. The molecule has 2 aliphatic heterocycles. The minimum Gasteiger partial charge on any atom is -0.356 e. The lowest BCUT2D eigenvalue weighted by atomic mass is 9.96. The molecule has 1 amide bonds. The lowest BCUT2D eigenvalue weighted by Gasteiger charge is -2.32. The second-order valence-electron chi connectivity index (χ2n) is 8.81. The summed E-state index contributed by atoms with van der Waals surface area (Å²) in [5.41, 5.74) is 1.72. The summed E-state index contributed by atoms with van der Waals surface area (Å²) in [5, 5.41) is 16.5. The van der Waals surface area contributed by atoms with Gasteiger partial charge in [0, 0.05) is 31.1 Å². The van der Waals surface area contributed by atoms with E-state index in [1.165, 1.54) is 25.9 Å². The van der Waals surface area contributed by atoms with Crippen molar-refractivity contribution in [3.8, 4) is 11.4 Å². The summed E-state index contributed by atoms with van der Waals surface area (Å²) in [5.74, 6) is 1.95. The van der Waals surface area contributed by atoms with E-state index in [9.17, 15) is 4.79 Å². The van der Waals surface area contributed by atoms with Crippen molar-refractivity contribution in [1.82, 2.24) is 30.0 Å². The highest BCUT2D eigenvalue weighted by Gasteiger charge is 2.26. The highest BCUT2D eigenvalue weighted by atomic mass is 16.1. The van der Waals surface area contributed by atoms with Crippen LogP contribution in [0.3, 0.4) is 0 Å². The van der Waals surface area contributed by atoms with E-state index in [1.807, 2.05) is 47.0 Å². The maximum Gasteiger partial charge on any atom is 0.223 e. The number of likely N-dealkylation sites (tertiary alicyclic amines) is 1. The smallest absolute Gasteiger partial charge is 0.223 e. The van der Waals surface area contributed by atoms with Crippen LogP contribution in [-0.2, 0) is 4.79 Å². The van der Waals surface area contributed by atoms with Crippen molar-refractivity contribution in [1.29, 1.82) is 0 Å². The number of benzene rings is 1. The summed E-state index contributed by atoms with van der Waals surface area (Å²) in [6, 6.07) is 13.9. The van der Waals surface area contributed by atoms with Crippen LogP contribution in [-0.4, -0.2) is 69.9 Å². The second kappa shape index (κ2) is 9.65. The van der Waals surface area contributed by atoms with Gasteiger partial charge in [0.05, 0.1) is 0 Å². The molecule has 0 unspecified atom stereocenters. The Labute approximate surface area is 188 Å². The fourth-order valence-electron chi connectivity index (χ4n) is 4.75. The Balaban J connectivity index is 1.16. The van der Waals surface area contributed by atoms with Gasteiger partial charge in [-0.15, -0.1) is 15.3 Å². The largest absolute Gasteiger partial charge is 0.356 e. The molecule has 0 radical (unpaired) electrons. The number of hydrogen-bond donors (Lipinski definition) is 1. The number of rotatable bonds is 7. The summed E-state index contributed by atoms with van der Waals surface area (Å²) >= 11 is 0. The van der Waals surface area contributed by atoms with E-state index in [0.29, 0.717) is 0 Å². The third-order valence-corrected chi connectivity index (χ3v) is 6.62. The first-order chi connectivity index (χ1) is 15.8. The number of nitrogens with one attached hydrogen (secondary N) is 1. The lowest BCUT2D eigenvalue weighted by Crippen LogP contribution is -2.41. The molecule has 0 saturated carbocycles. The fraction of sp³-hybridized carbons (Fsp3) is 0.500. The molecule has 2 saturated heterocycles. The average molecular weight is 434 g/mol. The number of aromatic nitrogens is 4. The predicted molar refractivity (Wildman–Crippen MR) is 124 cm³/mol. The standard InChI is InChI=1S/C24H31N7O/c32-24(25-13-6-16-29-14-4-5-15-29)20-11-17-30(18-12-20)22-10-9-21-26-27-23(31(21)28-22)19-7-2-1-3-8-19/h1-3,7-10,20H,4-6,11-18H2,(H,25,32). The summed E-state index contributed by atoms with van der Waals surface area (Å²) < 4.78 is 1.81. The van der Waals surface area contributed by atoms with E-state index in [4.69, 9.17) is 5.10 Å². The molecular weight excluding hydrogens is 402 g/mol. The number of nitrogens with zero attached hydrogens (tertiary/aromatic N) is 6. The predicted octanol–water partition coefficient (Wildman–Crippen LogP) is 2.61. The van der Waals surface area contributed by atoms with Crippen LogP contribution in [0.2, 0.25) is 0 Å².